The largest absolute Gasteiger partial charge is 0.326 e. The Balaban J connectivity index is 1.73. The van der Waals surface area contributed by atoms with Crippen LogP contribution < -0.4 is 5.32 Å². The van der Waals surface area contributed by atoms with Crippen LogP contribution in [-0.4, -0.2) is 10.9 Å². The maximum Gasteiger partial charge on any atom is 0.227 e. The van der Waals surface area contributed by atoms with Gasteiger partial charge in [-0.1, -0.05) is 49.7 Å². The summed E-state index contributed by atoms with van der Waals surface area (Å²) in [5.41, 5.74) is 3.83. The third-order valence-corrected chi connectivity index (χ3v) is 5.54. The monoisotopic (exact) mass is 384 g/mol. The average molecular weight is 385 g/mol. The van der Waals surface area contributed by atoms with Gasteiger partial charge in [0.15, 0.2) is 0 Å². The minimum atomic E-state index is 0.0650. The first-order valence-corrected chi connectivity index (χ1v) is 9.99. The fraction of sp³-hybridized carbons (Fsp3) is 0.238. The topological polar surface area (TPSA) is 42.0 Å². The van der Waals surface area contributed by atoms with Crippen LogP contribution in [0.4, 0.5) is 5.69 Å². The number of carbonyl (C=O) groups is 1. The van der Waals surface area contributed by atoms with E-state index in [0.29, 0.717) is 0 Å². The second-order valence-electron chi connectivity index (χ2n) is 6.12. The van der Waals surface area contributed by atoms with Crippen LogP contribution in [0.5, 0.6) is 0 Å². The van der Waals surface area contributed by atoms with E-state index in [1.807, 2.05) is 67.8 Å². The molecule has 0 radical (unpaired) electrons. The van der Waals surface area contributed by atoms with Crippen LogP contribution in [0.25, 0.3) is 21.8 Å². The Morgan fingerprint density at radius 2 is 1.65 bits per heavy atom. The number of thiazole rings is 1. The van der Waals surface area contributed by atoms with Gasteiger partial charge in [0.25, 0.3) is 0 Å². The highest BCUT2D eigenvalue weighted by Gasteiger charge is 2.14. The lowest BCUT2D eigenvalue weighted by Gasteiger charge is -2.12. The third-order valence-electron chi connectivity index (χ3n) is 4.40. The number of carbonyl (C=O) groups excluding carboxylic acids is 1. The molecule has 26 heavy (non-hydrogen) atoms. The molecule has 3 nitrogen and oxygen atoms in total. The van der Waals surface area contributed by atoms with E-state index in [1.54, 1.807) is 11.3 Å². The maximum absolute atomic E-state index is 12.2. The van der Waals surface area contributed by atoms with Gasteiger partial charge < -0.3 is 5.32 Å². The van der Waals surface area contributed by atoms with Gasteiger partial charge in [-0.2, -0.15) is 0 Å². The molecule has 0 saturated heterocycles. The first-order valence-electron chi connectivity index (χ1n) is 8.73. The summed E-state index contributed by atoms with van der Waals surface area (Å²) in [6.07, 6.45) is 1.71. The predicted molar refractivity (Wildman–Crippen MR) is 111 cm³/mol. The van der Waals surface area contributed by atoms with Crippen molar-refractivity contribution < 1.29 is 4.79 Å². The van der Waals surface area contributed by atoms with Crippen LogP contribution in [0.3, 0.4) is 0 Å². The van der Waals surface area contributed by atoms with Crippen molar-refractivity contribution in [2.75, 3.05) is 5.32 Å². The summed E-state index contributed by atoms with van der Waals surface area (Å²) in [4.78, 5) is 16.9. The maximum atomic E-state index is 12.2. The van der Waals surface area contributed by atoms with Gasteiger partial charge in [0.1, 0.15) is 5.01 Å². The Kier molecular flexibility index (Phi) is 6.07. The second-order valence-corrected chi connectivity index (χ2v) is 7.42. The molecule has 0 bridgehead atoms. The first-order chi connectivity index (χ1) is 12.6. The van der Waals surface area contributed by atoms with Gasteiger partial charge in [0.05, 0.1) is 5.69 Å². The zero-order valence-corrected chi connectivity index (χ0v) is 16.4. The Morgan fingerprint density at radius 3 is 2.27 bits per heavy atom. The van der Waals surface area contributed by atoms with Gasteiger partial charge in [0, 0.05) is 33.1 Å². The quantitative estimate of drug-likeness (QED) is 0.526. The van der Waals surface area contributed by atoms with Crippen molar-refractivity contribution in [2.24, 2.45) is 5.92 Å². The van der Waals surface area contributed by atoms with Crippen molar-refractivity contribution in [1.82, 2.24) is 4.98 Å². The van der Waals surface area contributed by atoms with E-state index in [9.17, 15) is 4.79 Å². The summed E-state index contributed by atoms with van der Waals surface area (Å²) in [5, 5.41) is 6.71. The first kappa shape index (κ1) is 18.6. The molecule has 0 fully saturated rings. The van der Waals surface area contributed by atoms with E-state index in [1.165, 1.54) is 0 Å². The molecule has 3 aromatic rings. The summed E-state index contributed by atoms with van der Waals surface area (Å²) in [5.74, 6) is 0.150. The Labute approximate surface area is 163 Å². The molecule has 0 aliphatic rings. The molecule has 0 saturated carbocycles. The van der Waals surface area contributed by atoms with Gasteiger partial charge in [-0.3, -0.25) is 4.79 Å². The zero-order valence-electron chi connectivity index (χ0n) is 14.8. The van der Waals surface area contributed by atoms with Crippen molar-refractivity contribution in [1.29, 1.82) is 0 Å². The van der Waals surface area contributed by atoms with E-state index in [2.05, 4.69) is 5.32 Å². The fourth-order valence-corrected chi connectivity index (χ4v) is 3.72. The Hall–Kier alpha value is -2.17. The third kappa shape index (κ3) is 4.32. The number of hydrogen-bond acceptors (Lipinski definition) is 3. The molecule has 3 rings (SSSR count). The highest BCUT2D eigenvalue weighted by atomic mass is 35.5. The summed E-state index contributed by atoms with van der Waals surface area (Å²) < 4.78 is 0. The van der Waals surface area contributed by atoms with Crippen molar-refractivity contribution in [2.45, 2.75) is 26.7 Å². The lowest BCUT2D eigenvalue weighted by Crippen LogP contribution is -2.21. The van der Waals surface area contributed by atoms with E-state index < -0.39 is 0 Å². The van der Waals surface area contributed by atoms with Crippen LogP contribution in [0, 0.1) is 5.92 Å². The molecule has 0 aliphatic heterocycles. The highest BCUT2D eigenvalue weighted by Crippen LogP contribution is 2.30. The molecular weight excluding hydrogens is 364 g/mol. The van der Waals surface area contributed by atoms with Crippen molar-refractivity contribution in [3.05, 3.63) is 58.9 Å². The van der Waals surface area contributed by atoms with Crippen molar-refractivity contribution >= 4 is 34.5 Å². The minimum absolute atomic E-state index is 0.0650. The van der Waals surface area contributed by atoms with E-state index in [4.69, 9.17) is 16.6 Å². The number of amides is 1. The van der Waals surface area contributed by atoms with Crippen LogP contribution in [0.1, 0.15) is 26.7 Å². The highest BCUT2D eigenvalue weighted by molar-refractivity contribution is 7.13. The standard InChI is InChI=1S/C21H21ClN2OS/c1-3-14(4-2)20(25)23-18-11-7-15(8-12-18)19-13-26-21(24-19)16-5-9-17(22)10-6-16/h5-14H,3-4H2,1-2H3,(H,23,25). The number of benzene rings is 2. The summed E-state index contributed by atoms with van der Waals surface area (Å²) >= 11 is 7.55. The van der Waals surface area contributed by atoms with Gasteiger partial charge >= 0.3 is 0 Å². The number of halogens is 1. The molecule has 1 amide bonds. The van der Waals surface area contributed by atoms with Crippen molar-refractivity contribution in [3.8, 4) is 21.8 Å². The average Bonchev–Trinajstić information content (AvgIpc) is 3.14. The smallest absolute Gasteiger partial charge is 0.227 e. The van der Waals surface area contributed by atoms with Gasteiger partial charge in [-0.25, -0.2) is 4.98 Å². The molecule has 2 aromatic carbocycles. The van der Waals surface area contributed by atoms with Crippen LogP contribution in [0.15, 0.2) is 53.9 Å². The number of aromatic nitrogens is 1. The predicted octanol–water partition coefficient (Wildman–Crippen LogP) is 6.51. The molecule has 0 unspecified atom stereocenters. The Bertz CT molecular complexity index is 868. The molecule has 0 aliphatic carbocycles. The Morgan fingerprint density at radius 1 is 1.04 bits per heavy atom. The summed E-state index contributed by atoms with van der Waals surface area (Å²) in [6, 6.07) is 15.5. The van der Waals surface area contributed by atoms with Gasteiger partial charge in [-0.05, 0) is 37.1 Å². The normalized spacial score (nSPS) is 10.9. The van der Waals surface area contributed by atoms with E-state index >= 15 is 0 Å². The number of rotatable bonds is 6. The number of hydrogen-bond donors (Lipinski definition) is 1. The molecule has 0 spiro atoms. The van der Waals surface area contributed by atoms with Crippen molar-refractivity contribution in [3.63, 3.8) is 0 Å². The molecule has 1 N–H and O–H groups in total. The lowest BCUT2D eigenvalue weighted by molar-refractivity contribution is -0.120. The van der Waals surface area contributed by atoms with E-state index in [0.717, 1.165) is 45.4 Å². The van der Waals surface area contributed by atoms with Crippen LogP contribution in [0.2, 0.25) is 5.02 Å². The zero-order chi connectivity index (χ0) is 18.5. The number of anilines is 1. The molecule has 1 heterocycles. The van der Waals surface area contributed by atoms with Gasteiger partial charge in [0.2, 0.25) is 5.91 Å². The molecule has 0 atom stereocenters. The second kappa shape index (κ2) is 8.47. The molecule has 5 heteroatoms. The SMILES string of the molecule is CCC(CC)C(=O)Nc1ccc(-c2csc(-c3ccc(Cl)cc3)n2)cc1. The van der Waals surface area contributed by atoms with E-state index in [-0.39, 0.29) is 11.8 Å². The molecule has 1 aromatic heterocycles. The minimum Gasteiger partial charge on any atom is -0.326 e. The van der Waals surface area contributed by atoms with Crippen LogP contribution in [-0.2, 0) is 4.79 Å². The summed E-state index contributed by atoms with van der Waals surface area (Å²) in [6.45, 7) is 4.08. The lowest BCUT2D eigenvalue weighted by atomic mass is 10.0. The number of nitrogens with one attached hydrogen (secondary N) is 1. The van der Waals surface area contributed by atoms with Gasteiger partial charge in [-0.15, -0.1) is 11.3 Å². The molecule has 134 valence electrons. The fourth-order valence-electron chi connectivity index (χ4n) is 2.76. The summed E-state index contributed by atoms with van der Waals surface area (Å²) in [7, 11) is 0. The van der Waals surface area contributed by atoms with Crippen LogP contribution >= 0.6 is 22.9 Å². The number of nitrogens with zero attached hydrogens (tertiary/aromatic N) is 1. The molecular formula is C21H21ClN2OS.